The smallest absolute Gasteiger partial charge is 0.119 e. The van der Waals surface area contributed by atoms with Gasteiger partial charge in [0.1, 0.15) is 5.75 Å². The van der Waals surface area contributed by atoms with Crippen LogP contribution in [0.25, 0.3) is 11.1 Å². The summed E-state index contributed by atoms with van der Waals surface area (Å²) in [5, 5.41) is 4.24. The Balaban J connectivity index is 2.27. The molecule has 0 spiro atoms. The van der Waals surface area contributed by atoms with Crippen LogP contribution in [0.1, 0.15) is 12.5 Å². The lowest BCUT2D eigenvalue weighted by atomic mass is 10.0. The first-order valence-corrected chi connectivity index (χ1v) is 6.27. The molecule has 0 aliphatic rings. The third-order valence-electron chi connectivity index (χ3n) is 2.44. The monoisotopic (exact) mass is 233 g/mol. The van der Waals surface area contributed by atoms with Gasteiger partial charge in [-0.1, -0.05) is 12.1 Å². The molecule has 0 saturated heterocycles. The zero-order valence-electron chi connectivity index (χ0n) is 9.27. The number of rotatable bonds is 4. The van der Waals surface area contributed by atoms with Crippen molar-refractivity contribution < 1.29 is 4.74 Å². The Morgan fingerprint density at radius 1 is 1.19 bits per heavy atom. The summed E-state index contributed by atoms with van der Waals surface area (Å²) in [6.07, 6.45) is 0. The van der Waals surface area contributed by atoms with E-state index in [1.807, 2.05) is 19.1 Å². The molecule has 84 valence electrons. The van der Waals surface area contributed by atoms with Crippen LogP contribution < -0.4 is 10.5 Å². The van der Waals surface area contributed by atoms with Crippen molar-refractivity contribution in [3.05, 3.63) is 40.6 Å². The van der Waals surface area contributed by atoms with E-state index in [-0.39, 0.29) is 0 Å². The summed E-state index contributed by atoms with van der Waals surface area (Å²) in [7, 11) is 0. The SMILES string of the molecule is CCOc1ccc(-c2cscc2CN)cc1. The van der Waals surface area contributed by atoms with Crippen LogP contribution in [0.15, 0.2) is 35.0 Å². The maximum atomic E-state index is 5.69. The molecule has 0 aliphatic heterocycles. The lowest BCUT2D eigenvalue weighted by Gasteiger charge is -2.05. The van der Waals surface area contributed by atoms with Gasteiger partial charge >= 0.3 is 0 Å². The van der Waals surface area contributed by atoms with Crippen LogP contribution in [0.2, 0.25) is 0 Å². The van der Waals surface area contributed by atoms with E-state index in [2.05, 4.69) is 22.9 Å². The average Bonchev–Trinajstić information content (AvgIpc) is 2.78. The molecule has 0 unspecified atom stereocenters. The molecule has 2 nitrogen and oxygen atoms in total. The fourth-order valence-electron chi connectivity index (χ4n) is 1.63. The standard InChI is InChI=1S/C13H15NOS/c1-2-15-12-5-3-10(4-6-12)13-9-16-8-11(13)7-14/h3-6,8-9H,2,7,14H2,1H3. The van der Waals surface area contributed by atoms with Crippen molar-refractivity contribution in [3.8, 4) is 16.9 Å². The van der Waals surface area contributed by atoms with Crippen LogP contribution in [0.3, 0.4) is 0 Å². The van der Waals surface area contributed by atoms with Gasteiger partial charge in [-0.15, -0.1) is 0 Å². The fourth-order valence-corrected chi connectivity index (χ4v) is 2.51. The summed E-state index contributed by atoms with van der Waals surface area (Å²) in [6.45, 7) is 3.28. The minimum absolute atomic E-state index is 0.589. The molecule has 0 bridgehead atoms. The van der Waals surface area contributed by atoms with Gasteiger partial charge in [0.05, 0.1) is 6.61 Å². The molecule has 0 fully saturated rings. The highest BCUT2D eigenvalue weighted by atomic mass is 32.1. The number of nitrogens with two attached hydrogens (primary N) is 1. The first-order valence-electron chi connectivity index (χ1n) is 5.33. The number of benzene rings is 1. The normalized spacial score (nSPS) is 10.4. The Morgan fingerprint density at radius 3 is 2.56 bits per heavy atom. The Morgan fingerprint density at radius 2 is 1.94 bits per heavy atom. The molecule has 1 aromatic carbocycles. The van der Waals surface area contributed by atoms with Gasteiger partial charge in [0.25, 0.3) is 0 Å². The second-order valence-corrected chi connectivity index (χ2v) is 4.22. The van der Waals surface area contributed by atoms with Crippen molar-refractivity contribution >= 4 is 11.3 Å². The molecular formula is C13H15NOS. The van der Waals surface area contributed by atoms with Crippen molar-refractivity contribution in [1.29, 1.82) is 0 Å². The topological polar surface area (TPSA) is 35.2 Å². The Kier molecular flexibility index (Phi) is 3.59. The Hall–Kier alpha value is -1.32. The summed E-state index contributed by atoms with van der Waals surface area (Å²) in [5.41, 5.74) is 9.33. The molecule has 2 rings (SSSR count). The predicted molar refractivity (Wildman–Crippen MR) is 68.8 cm³/mol. The van der Waals surface area contributed by atoms with Crippen LogP contribution in [0.4, 0.5) is 0 Å². The third kappa shape index (κ3) is 2.26. The maximum absolute atomic E-state index is 5.69. The average molecular weight is 233 g/mol. The van der Waals surface area contributed by atoms with E-state index >= 15 is 0 Å². The van der Waals surface area contributed by atoms with Crippen molar-refractivity contribution in [2.24, 2.45) is 5.73 Å². The van der Waals surface area contributed by atoms with E-state index in [1.165, 1.54) is 16.7 Å². The van der Waals surface area contributed by atoms with Crippen molar-refractivity contribution in [3.63, 3.8) is 0 Å². The van der Waals surface area contributed by atoms with Gasteiger partial charge in [-0.2, -0.15) is 11.3 Å². The van der Waals surface area contributed by atoms with Gasteiger partial charge in [-0.25, -0.2) is 0 Å². The highest BCUT2D eigenvalue weighted by molar-refractivity contribution is 7.08. The quantitative estimate of drug-likeness (QED) is 0.879. The van der Waals surface area contributed by atoms with Crippen LogP contribution in [-0.2, 0) is 6.54 Å². The third-order valence-corrected chi connectivity index (χ3v) is 3.23. The first kappa shape index (κ1) is 11.2. The predicted octanol–water partition coefficient (Wildman–Crippen LogP) is 3.27. The fraction of sp³-hybridized carbons (Fsp3) is 0.231. The summed E-state index contributed by atoms with van der Waals surface area (Å²) in [6, 6.07) is 8.14. The molecule has 1 heterocycles. The molecule has 1 aromatic heterocycles. The molecular weight excluding hydrogens is 218 g/mol. The molecule has 0 aliphatic carbocycles. The largest absolute Gasteiger partial charge is 0.494 e. The molecule has 3 heteroatoms. The molecule has 2 aromatic rings. The van der Waals surface area contributed by atoms with E-state index in [1.54, 1.807) is 11.3 Å². The Bertz CT molecular complexity index is 447. The van der Waals surface area contributed by atoms with Gasteiger partial charge < -0.3 is 10.5 Å². The second kappa shape index (κ2) is 5.14. The lowest BCUT2D eigenvalue weighted by molar-refractivity contribution is 0.340. The van der Waals surface area contributed by atoms with Crippen molar-refractivity contribution in [1.82, 2.24) is 0 Å². The number of hydrogen-bond acceptors (Lipinski definition) is 3. The molecule has 16 heavy (non-hydrogen) atoms. The summed E-state index contributed by atoms with van der Waals surface area (Å²) >= 11 is 1.69. The molecule has 0 amide bonds. The zero-order chi connectivity index (χ0) is 11.4. The summed E-state index contributed by atoms with van der Waals surface area (Å²) in [5.74, 6) is 0.913. The van der Waals surface area contributed by atoms with E-state index in [0.29, 0.717) is 13.2 Å². The summed E-state index contributed by atoms with van der Waals surface area (Å²) in [4.78, 5) is 0. The molecule has 0 atom stereocenters. The number of ether oxygens (including phenoxy) is 1. The molecule has 0 saturated carbocycles. The first-order chi connectivity index (χ1) is 7.85. The van der Waals surface area contributed by atoms with E-state index in [4.69, 9.17) is 10.5 Å². The van der Waals surface area contributed by atoms with Gasteiger partial charge in [0.2, 0.25) is 0 Å². The highest BCUT2D eigenvalue weighted by Gasteiger charge is 2.04. The van der Waals surface area contributed by atoms with Gasteiger partial charge in [-0.05, 0) is 46.5 Å². The van der Waals surface area contributed by atoms with Crippen molar-refractivity contribution in [2.45, 2.75) is 13.5 Å². The van der Waals surface area contributed by atoms with Gasteiger partial charge in [0.15, 0.2) is 0 Å². The molecule has 2 N–H and O–H groups in total. The maximum Gasteiger partial charge on any atom is 0.119 e. The lowest BCUT2D eigenvalue weighted by Crippen LogP contribution is -1.96. The number of thiophene rings is 1. The Labute approximate surface area is 99.7 Å². The van der Waals surface area contributed by atoms with Crippen LogP contribution in [0, 0.1) is 0 Å². The van der Waals surface area contributed by atoms with E-state index in [0.717, 1.165) is 5.75 Å². The minimum Gasteiger partial charge on any atom is -0.494 e. The van der Waals surface area contributed by atoms with Crippen LogP contribution >= 0.6 is 11.3 Å². The summed E-state index contributed by atoms with van der Waals surface area (Å²) < 4.78 is 5.41. The second-order valence-electron chi connectivity index (χ2n) is 3.47. The zero-order valence-corrected chi connectivity index (χ0v) is 10.1. The van der Waals surface area contributed by atoms with Crippen LogP contribution in [0.5, 0.6) is 5.75 Å². The van der Waals surface area contributed by atoms with Gasteiger partial charge in [-0.3, -0.25) is 0 Å². The highest BCUT2D eigenvalue weighted by Crippen LogP contribution is 2.28. The van der Waals surface area contributed by atoms with Crippen molar-refractivity contribution in [2.75, 3.05) is 6.61 Å². The molecule has 0 radical (unpaired) electrons. The number of hydrogen-bond donors (Lipinski definition) is 1. The van der Waals surface area contributed by atoms with E-state index in [9.17, 15) is 0 Å². The van der Waals surface area contributed by atoms with E-state index < -0.39 is 0 Å². The minimum atomic E-state index is 0.589. The van der Waals surface area contributed by atoms with Crippen LogP contribution in [-0.4, -0.2) is 6.61 Å². The van der Waals surface area contributed by atoms with Gasteiger partial charge in [0, 0.05) is 6.54 Å².